The molecule has 0 unspecified atom stereocenters. The van der Waals surface area contributed by atoms with Crippen molar-refractivity contribution in [2.75, 3.05) is 12.4 Å². The van der Waals surface area contributed by atoms with Crippen molar-refractivity contribution >= 4 is 50.4 Å². The lowest BCUT2D eigenvalue weighted by molar-refractivity contribution is -0.111. The van der Waals surface area contributed by atoms with Gasteiger partial charge in [0.05, 0.1) is 23.5 Å². The van der Waals surface area contributed by atoms with Gasteiger partial charge in [-0.1, -0.05) is 12.1 Å². The number of rotatable bonds is 6. The zero-order valence-electron chi connectivity index (χ0n) is 15.8. The van der Waals surface area contributed by atoms with Crippen LogP contribution in [0.3, 0.4) is 0 Å². The summed E-state index contributed by atoms with van der Waals surface area (Å²) in [4.78, 5) is 25.7. The Labute approximate surface area is 180 Å². The lowest BCUT2D eigenvalue weighted by atomic mass is 10.1. The largest absolute Gasteiger partial charge is 0.496 e. The second kappa shape index (κ2) is 8.42. The maximum Gasteiger partial charge on any atom is 0.248 e. The van der Waals surface area contributed by atoms with Gasteiger partial charge in [-0.25, -0.2) is 0 Å². The van der Waals surface area contributed by atoms with E-state index in [9.17, 15) is 9.59 Å². The fourth-order valence-corrected chi connectivity index (χ4v) is 3.52. The van der Waals surface area contributed by atoms with Crippen LogP contribution in [-0.2, 0) is 4.79 Å². The Bertz CT molecular complexity index is 1250. The van der Waals surface area contributed by atoms with Crippen molar-refractivity contribution in [3.63, 3.8) is 0 Å². The zero-order chi connectivity index (χ0) is 21.1. The number of halogens is 1. The van der Waals surface area contributed by atoms with Crippen molar-refractivity contribution in [3.8, 4) is 5.75 Å². The van der Waals surface area contributed by atoms with E-state index in [1.807, 2.05) is 6.07 Å². The van der Waals surface area contributed by atoms with Crippen molar-refractivity contribution in [3.05, 3.63) is 88.5 Å². The van der Waals surface area contributed by atoms with E-state index < -0.39 is 5.91 Å². The number of amides is 1. The third-order valence-corrected chi connectivity index (χ3v) is 5.03. The second-order valence-electron chi connectivity index (χ2n) is 6.32. The number of para-hydroxylation sites is 1. The van der Waals surface area contributed by atoms with Crippen LogP contribution in [0.2, 0.25) is 0 Å². The molecule has 0 saturated carbocycles. The molecule has 30 heavy (non-hydrogen) atoms. The zero-order valence-corrected chi connectivity index (χ0v) is 17.4. The summed E-state index contributed by atoms with van der Waals surface area (Å²) in [5, 5.41) is 3.40. The van der Waals surface area contributed by atoms with E-state index >= 15 is 0 Å². The van der Waals surface area contributed by atoms with Crippen molar-refractivity contribution in [2.24, 2.45) is 0 Å². The molecule has 0 atom stereocenters. The first-order valence-electron chi connectivity index (χ1n) is 8.99. The SMILES string of the molecule is COc1ccc(C(=O)c2oc3ccccc3c2NC(=O)/C=C/c2ccco2)cc1Br. The van der Waals surface area contributed by atoms with Crippen LogP contribution in [0.1, 0.15) is 21.9 Å². The van der Waals surface area contributed by atoms with Crippen LogP contribution in [0, 0.1) is 0 Å². The minimum Gasteiger partial charge on any atom is -0.496 e. The van der Waals surface area contributed by atoms with Gasteiger partial charge in [-0.05, 0) is 64.5 Å². The Morgan fingerprint density at radius 2 is 1.93 bits per heavy atom. The van der Waals surface area contributed by atoms with E-state index in [-0.39, 0.29) is 11.5 Å². The highest BCUT2D eigenvalue weighted by Gasteiger charge is 2.23. The number of carbonyl (C=O) groups excluding carboxylic acids is 2. The van der Waals surface area contributed by atoms with Gasteiger partial charge in [0.25, 0.3) is 0 Å². The molecular formula is C23H16BrNO5. The molecule has 0 fully saturated rings. The molecule has 2 aromatic heterocycles. The monoisotopic (exact) mass is 465 g/mol. The third-order valence-electron chi connectivity index (χ3n) is 4.41. The summed E-state index contributed by atoms with van der Waals surface area (Å²) >= 11 is 3.39. The first-order chi connectivity index (χ1) is 14.6. The molecule has 150 valence electrons. The number of nitrogens with one attached hydrogen (secondary N) is 1. The first-order valence-corrected chi connectivity index (χ1v) is 9.78. The molecule has 0 aliphatic rings. The van der Waals surface area contributed by atoms with Crippen molar-refractivity contribution in [2.45, 2.75) is 0 Å². The average molecular weight is 466 g/mol. The van der Waals surface area contributed by atoms with Gasteiger partial charge in [0.1, 0.15) is 17.1 Å². The number of ether oxygens (including phenoxy) is 1. The molecule has 6 nitrogen and oxygen atoms in total. The molecule has 0 saturated heterocycles. The van der Waals surface area contributed by atoms with Crippen LogP contribution < -0.4 is 10.1 Å². The molecule has 2 heterocycles. The molecule has 0 aliphatic heterocycles. The first kappa shape index (κ1) is 19.7. The molecule has 0 radical (unpaired) electrons. The fourth-order valence-electron chi connectivity index (χ4n) is 2.98. The number of furan rings is 2. The predicted molar refractivity (Wildman–Crippen MR) is 117 cm³/mol. The molecule has 1 amide bonds. The third kappa shape index (κ3) is 3.92. The van der Waals surface area contributed by atoms with Gasteiger partial charge in [-0.2, -0.15) is 0 Å². The summed E-state index contributed by atoms with van der Waals surface area (Å²) in [6.45, 7) is 0. The number of hydrogen-bond acceptors (Lipinski definition) is 5. The van der Waals surface area contributed by atoms with Crippen molar-refractivity contribution < 1.29 is 23.2 Å². The number of benzene rings is 2. The Kier molecular flexibility index (Phi) is 5.54. The van der Waals surface area contributed by atoms with Crippen molar-refractivity contribution in [1.82, 2.24) is 0 Å². The summed E-state index contributed by atoms with van der Waals surface area (Å²) < 4.78 is 16.8. The van der Waals surface area contributed by atoms with Gasteiger partial charge in [-0.3, -0.25) is 9.59 Å². The summed E-state index contributed by atoms with van der Waals surface area (Å²) in [5.41, 5.74) is 1.21. The Morgan fingerprint density at radius 1 is 1.10 bits per heavy atom. The predicted octanol–water partition coefficient (Wildman–Crippen LogP) is 5.68. The Morgan fingerprint density at radius 3 is 2.67 bits per heavy atom. The number of fused-ring (bicyclic) bond motifs is 1. The lowest BCUT2D eigenvalue weighted by Gasteiger charge is -2.06. The topological polar surface area (TPSA) is 81.7 Å². The maximum atomic E-state index is 13.2. The van der Waals surface area contributed by atoms with Gasteiger partial charge in [0.2, 0.25) is 11.7 Å². The standard InChI is InChI=1S/C23H16BrNO5/c1-28-19-10-8-14(13-17(19)24)22(27)23-21(16-6-2-3-7-18(16)30-23)25-20(26)11-9-15-5-4-12-29-15/h2-13H,1H3,(H,25,26)/b11-9+. The summed E-state index contributed by atoms with van der Waals surface area (Å²) in [5.74, 6) is 0.421. The van der Waals surface area contributed by atoms with Gasteiger partial charge in [-0.15, -0.1) is 0 Å². The van der Waals surface area contributed by atoms with Crippen molar-refractivity contribution in [1.29, 1.82) is 0 Å². The number of anilines is 1. The molecule has 0 aliphatic carbocycles. The highest BCUT2D eigenvalue weighted by atomic mass is 79.9. The van der Waals surface area contributed by atoms with Crippen LogP contribution in [0.4, 0.5) is 5.69 Å². The Hall–Kier alpha value is -3.58. The Balaban J connectivity index is 1.70. The van der Waals surface area contributed by atoms with E-state index in [1.54, 1.807) is 61.7 Å². The normalized spacial score (nSPS) is 11.1. The van der Waals surface area contributed by atoms with Gasteiger partial charge in [0.15, 0.2) is 5.76 Å². The molecule has 0 bridgehead atoms. The van der Waals surface area contributed by atoms with Crippen LogP contribution in [0.5, 0.6) is 5.75 Å². The minimum atomic E-state index is -0.414. The number of ketones is 1. The van der Waals surface area contributed by atoms with Gasteiger partial charge in [0, 0.05) is 17.0 Å². The van der Waals surface area contributed by atoms with Crippen LogP contribution in [0.25, 0.3) is 17.0 Å². The highest BCUT2D eigenvalue weighted by Crippen LogP contribution is 2.34. The number of hydrogen-bond donors (Lipinski definition) is 1. The second-order valence-corrected chi connectivity index (χ2v) is 7.17. The molecule has 4 aromatic rings. The van der Waals surface area contributed by atoms with E-state index in [2.05, 4.69) is 21.2 Å². The lowest BCUT2D eigenvalue weighted by Crippen LogP contribution is -2.11. The van der Waals surface area contributed by atoms with Crippen LogP contribution in [-0.4, -0.2) is 18.8 Å². The smallest absolute Gasteiger partial charge is 0.248 e. The van der Waals surface area contributed by atoms with Crippen LogP contribution in [0.15, 0.2) is 80.2 Å². The van der Waals surface area contributed by atoms with Gasteiger partial charge >= 0.3 is 0 Å². The van der Waals surface area contributed by atoms with Crippen LogP contribution >= 0.6 is 15.9 Å². The molecule has 1 N–H and O–H groups in total. The minimum absolute atomic E-state index is 0.0491. The summed E-state index contributed by atoms with van der Waals surface area (Å²) in [6.07, 6.45) is 4.39. The highest BCUT2D eigenvalue weighted by molar-refractivity contribution is 9.10. The quantitative estimate of drug-likeness (QED) is 0.292. The average Bonchev–Trinajstić information content (AvgIpc) is 3.40. The maximum absolute atomic E-state index is 13.2. The molecule has 4 rings (SSSR count). The fraction of sp³-hybridized carbons (Fsp3) is 0.0435. The molecule has 2 aromatic carbocycles. The van der Waals surface area contributed by atoms with E-state index in [0.29, 0.717) is 38.2 Å². The van der Waals surface area contributed by atoms with E-state index in [4.69, 9.17) is 13.6 Å². The van der Waals surface area contributed by atoms with Gasteiger partial charge < -0.3 is 18.9 Å². The van der Waals surface area contributed by atoms with E-state index in [1.165, 1.54) is 12.3 Å². The van der Waals surface area contributed by atoms with E-state index in [0.717, 1.165) is 0 Å². The summed E-state index contributed by atoms with van der Waals surface area (Å²) in [6, 6.07) is 15.6. The number of carbonyl (C=O) groups is 2. The molecular weight excluding hydrogens is 450 g/mol. The molecule has 0 spiro atoms. The number of methoxy groups -OCH3 is 1. The summed E-state index contributed by atoms with van der Waals surface area (Å²) in [7, 11) is 1.55. The molecule has 7 heteroatoms.